The van der Waals surface area contributed by atoms with Crippen molar-refractivity contribution in [3.05, 3.63) is 96.3 Å². The molecule has 0 fully saturated rings. The first kappa shape index (κ1) is 21.0. The van der Waals surface area contributed by atoms with Crippen LogP contribution in [-0.4, -0.2) is 36.5 Å². The van der Waals surface area contributed by atoms with Gasteiger partial charge in [-0.25, -0.2) is 4.99 Å². The summed E-state index contributed by atoms with van der Waals surface area (Å²) in [5.74, 6) is 0.582. The molecule has 1 amide bonds. The first-order valence-electron chi connectivity index (χ1n) is 10.1. The Hall–Kier alpha value is -3.67. The number of amides is 1. The minimum absolute atomic E-state index is 0.0194. The Morgan fingerprint density at radius 2 is 1.60 bits per heavy atom. The molecule has 2 aromatic carbocycles. The summed E-state index contributed by atoms with van der Waals surface area (Å²) in [5.41, 5.74) is 3.10. The zero-order valence-corrected chi connectivity index (χ0v) is 17.1. The molecule has 0 saturated carbocycles. The number of hydrogen-bond acceptors (Lipinski definition) is 3. The highest BCUT2D eigenvalue weighted by molar-refractivity contribution is 5.93. The highest BCUT2D eigenvalue weighted by atomic mass is 16.1. The van der Waals surface area contributed by atoms with Gasteiger partial charge < -0.3 is 16.0 Å². The Morgan fingerprint density at radius 1 is 0.933 bits per heavy atom. The molecule has 1 aromatic heterocycles. The van der Waals surface area contributed by atoms with Crippen molar-refractivity contribution in [3.8, 4) is 0 Å². The predicted molar refractivity (Wildman–Crippen MR) is 122 cm³/mol. The topological polar surface area (TPSA) is 78.4 Å². The van der Waals surface area contributed by atoms with Gasteiger partial charge in [0.25, 0.3) is 0 Å². The summed E-state index contributed by atoms with van der Waals surface area (Å²) in [6.07, 6.45) is 3.27. The number of aliphatic imine (C=N–C) groups is 1. The minimum atomic E-state index is -0.192. The molecule has 0 bridgehead atoms. The molecule has 0 spiro atoms. The zero-order valence-electron chi connectivity index (χ0n) is 17.1. The van der Waals surface area contributed by atoms with Crippen molar-refractivity contribution in [3.63, 3.8) is 0 Å². The van der Waals surface area contributed by atoms with Crippen LogP contribution in [0.5, 0.6) is 0 Å². The molecule has 3 rings (SSSR count). The van der Waals surface area contributed by atoms with Gasteiger partial charge in [0, 0.05) is 25.2 Å². The fourth-order valence-electron chi connectivity index (χ4n) is 3.13. The van der Waals surface area contributed by atoms with Crippen molar-refractivity contribution in [1.82, 2.24) is 15.6 Å². The second-order valence-corrected chi connectivity index (χ2v) is 6.74. The Kier molecular flexibility index (Phi) is 7.97. The van der Waals surface area contributed by atoms with Crippen molar-refractivity contribution >= 4 is 17.6 Å². The number of carbonyl (C=O) groups excluding carboxylic acids is 1. The second-order valence-electron chi connectivity index (χ2n) is 6.74. The van der Waals surface area contributed by atoms with E-state index >= 15 is 0 Å². The van der Waals surface area contributed by atoms with E-state index in [1.807, 2.05) is 43.3 Å². The van der Waals surface area contributed by atoms with Crippen LogP contribution in [-0.2, 0) is 4.79 Å². The molecule has 1 heterocycles. The largest absolute Gasteiger partial charge is 0.357 e. The van der Waals surface area contributed by atoms with Crippen LogP contribution < -0.4 is 16.0 Å². The molecule has 3 aromatic rings. The van der Waals surface area contributed by atoms with Gasteiger partial charge in [0.05, 0.1) is 11.9 Å². The van der Waals surface area contributed by atoms with Crippen molar-refractivity contribution in [2.45, 2.75) is 12.8 Å². The number of nitrogens with one attached hydrogen (secondary N) is 3. The number of hydrogen-bond donors (Lipinski definition) is 3. The fraction of sp³-hybridized carbons (Fsp3) is 0.208. The monoisotopic (exact) mass is 401 g/mol. The summed E-state index contributed by atoms with van der Waals surface area (Å²) in [4.78, 5) is 20.6. The Balaban J connectivity index is 1.66. The van der Waals surface area contributed by atoms with Crippen LogP contribution in [0.4, 0.5) is 5.69 Å². The van der Waals surface area contributed by atoms with Crippen LogP contribution in [0.2, 0.25) is 0 Å². The number of guanidine groups is 1. The van der Waals surface area contributed by atoms with Gasteiger partial charge in [-0.3, -0.25) is 9.78 Å². The van der Waals surface area contributed by atoms with Crippen LogP contribution in [0, 0.1) is 0 Å². The van der Waals surface area contributed by atoms with E-state index in [4.69, 9.17) is 0 Å². The van der Waals surface area contributed by atoms with Crippen molar-refractivity contribution in [2.75, 3.05) is 25.0 Å². The van der Waals surface area contributed by atoms with E-state index in [1.54, 1.807) is 24.5 Å². The second kappa shape index (κ2) is 11.4. The number of pyridine rings is 1. The lowest BCUT2D eigenvalue weighted by Crippen LogP contribution is -2.40. The molecule has 30 heavy (non-hydrogen) atoms. The van der Waals surface area contributed by atoms with Crippen LogP contribution in [0.3, 0.4) is 0 Å². The van der Waals surface area contributed by atoms with E-state index in [2.05, 4.69) is 50.2 Å². The molecule has 3 N–H and O–H groups in total. The quantitative estimate of drug-likeness (QED) is 0.399. The van der Waals surface area contributed by atoms with Crippen LogP contribution in [0.15, 0.2) is 90.2 Å². The third-order valence-corrected chi connectivity index (χ3v) is 4.55. The maximum atomic E-state index is 12.2. The SMILES string of the molecule is CCNC(=NCC(=O)Nc1cccnc1)NCC(c1ccccc1)c1ccccc1. The first-order valence-corrected chi connectivity index (χ1v) is 10.1. The average Bonchev–Trinajstić information content (AvgIpc) is 2.79. The molecule has 154 valence electrons. The fourth-order valence-corrected chi connectivity index (χ4v) is 3.13. The summed E-state index contributed by atoms with van der Waals surface area (Å²) in [7, 11) is 0. The molecule has 0 radical (unpaired) electrons. The van der Waals surface area contributed by atoms with Gasteiger partial charge in [0.1, 0.15) is 6.54 Å². The molecular weight excluding hydrogens is 374 g/mol. The number of nitrogens with zero attached hydrogens (tertiary/aromatic N) is 2. The first-order chi connectivity index (χ1) is 14.8. The predicted octanol–water partition coefficient (Wildman–Crippen LogP) is 3.41. The Morgan fingerprint density at radius 3 is 2.17 bits per heavy atom. The van der Waals surface area contributed by atoms with Crippen molar-refractivity contribution < 1.29 is 4.79 Å². The zero-order chi connectivity index (χ0) is 21.0. The van der Waals surface area contributed by atoms with Crippen LogP contribution in [0.1, 0.15) is 24.0 Å². The van der Waals surface area contributed by atoms with Gasteiger partial charge >= 0.3 is 0 Å². The Labute approximate surface area is 177 Å². The summed E-state index contributed by atoms with van der Waals surface area (Å²) < 4.78 is 0. The molecule has 0 saturated heterocycles. The van der Waals surface area contributed by atoms with E-state index in [-0.39, 0.29) is 18.4 Å². The molecule has 6 nitrogen and oxygen atoms in total. The summed E-state index contributed by atoms with van der Waals surface area (Å²) in [6.45, 7) is 3.38. The van der Waals surface area contributed by atoms with Gasteiger partial charge in [0.2, 0.25) is 5.91 Å². The van der Waals surface area contributed by atoms with E-state index in [0.29, 0.717) is 24.7 Å². The van der Waals surface area contributed by atoms with Gasteiger partial charge in [-0.15, -0.1) is 0 Å². The lowest BCUT2D eigenvalue weighted by Gasteiger charge is -2.20. The molecule has 6 heteroatoms. The lowest BCUT2D eigenvalue weighted by atomic mass is 9.91. The smallest absolute Gasteiger partial charge is 0.246 e. The van der Waals surface area contributed by atoms with Crippen molar-refractivity contribution in [2.24, 2.45) is 4.99 Å². The maximum Gasteiger partial charge on any atom is 0.246 e. The van der Waals surface area contributed by atoms with Gasteiger partial charge in [-0.05, 0) is 30.2 Å². The summed E-state index contributed by atoms with van der Waals surface area (Å²) in [5, 5.41) is 9.38. The molecule has 0 atom stereocenters. The van der Waals surface area contributed by atoms with Crippen LogP contribution in [0.25, 0.3) is 0 Å². The minimum Gasteiger partial charge on any atom is -0.357 e. The molecule has 0 aliphatic heterocycles. The van der Waals surface area contributed by atoms with E-state index < -0.39 is 0 Å². The average molecular weight is 402 g/mol. The van der Waals surface area contributed by atoms with E-state index in [1.165, 1.54) is 11.1 Å². The van der Waals surface area contributed by atoms with Crippen LogP contribution >= 0.6 is 0 Å². The third kappa shape index (κ3) is 6.44. The molecule has 0 aliphatic carbocycles. The standard InChI is InChI=1S/C24H27N5O/c1-2-26-24(28-18-23(30)29-21-14-9-15-25-16-21)27-17-22(19-10-5-3-6-11-19)20-12-7-4-8-13-20/h3-16,22H,2,17-18H2,1H3,(H,29,30)(H2,26,27,28). The summed E-state index contributed by atoms with van der Waals surface area (Å²) >= 11 is 0. The highest BCUT2D eigenvalue weighted by Gasteiger charge is 2.14. The van der Waals surface area contributed by atoms with Crippen molar-refractivity contribution in [1.29, 1.82) is 0 Å². The van der Waals surface area contributed by atoms with Gasteiger partial charge in [0.15, 0.2) is 5.96 Å². The normalized spacial score (nSPS) is 11.2. The van der Waals surface area contributed by atoms with Gasteiger partial charge in [-0.1, -0.05) is 60.7 Å². The molecular formula is C24H27N5O. The van der Waals surface area contributed by atoms with E-state index in [0.717, 1.165) is 0 Å². The van der Waals surface area contributed by atoms with E-state index in [9.17, 15) is 4.79 Å². The Bertz CT molecular complexity index is 890. The number of rotatable bonds is 8. The number of carbonyl (C=O) groups is 1. The maximum absolute atomic E-state index is 12.2. The lowest BCUT2D eigenvalue weighted by molar-refractivity contribution is -0.114. The highest BCUT2D eigenvalue weighted by Crippen LogP contribution is 2.23. The number of benzene rings is 2. The van der Waals surface area contributed by atoms with Gasteiger partial charge in [-0.2, -0.15) is 0 Å². The molecule has 0 aliphatic rings. The number of anilines is 1. The third-order valence-electron chi connectivity index (χ3n) is 4.55. The molecule has 0 unspecified atom stereocenters. The summed E-state index contributed by atoms with van der Waals surface area (Å²) in [6, 6.07) is 24.3. The number of aromatic nitrogens is 1.